The first kappa shape index (κ1) is 16.8. The number of methoxy groups -OCH3 is 1. The lowest BCUT2D eigenvalue weighted by Crippen LogP contribution is -2.37. The number of carbonyl (C=O) groups is 1. The molecule has 0 saturated heterocycles. The molecule has 0 saturated carbocycles. The Labute approximate surface area is 145 Å². The summed E-state index contributed by atoms with van der Waals surface area (Å²) in [4.78, 5) is 14.3. The topological polar surface area (TPSA) is 29.5 Å². The summed E-state index contributed by atoms with van der Waals surface area (Å²) in [6.07, 6.45) is 0.907. The highest BCUT2D eigenvalue weighted by Crippen LogP contribution is 2.25. The van der Waals surface area contributed by atoms with Gasteiger partial charge in [0, 0.05) is 24.4 Å². The van der Waals surface area contributed by atoms with Gasteiger partial charge in [-0.3, -0.25) is 4.79 Å². The fourth-order valence-electron chi connectivity index (χ4n) is 2.91. The molecule has 3 rings (SSSR count). The lowest BCUT2D eigenvalue weighted by Gasteiger charge is -2.28. The summed E-state index contributed by atoms with van der Waals surface area (Å²) in [5, 5.41) is 0. The Balaban J connectivity index is 1.54. The van der Waals surface area contributed by atoms with Gasteiger partial charge in [-0.05, 0) is 35.7 Å². The van der Waals surface area contributed by atoms with Gasteiger partial charge in [0.25, 0.3) is 0 Å². The van der Waals surface area contributed by atoms with Crippen molar-refractivity contribution < 1.29 is 13.9 Å². The monoisotopic (exact) mass is 345 g/mol. The molecule has 3 nitrogen and oxygen atoms in total. The molecule has 1 aliphatic rings. The molecule has 1 amide bonds. The molecule has 0 bridgehead atoms. The molecule has 0 N–H and O–H groups in total. The maximum Gasteiger partial charge on any atom is 0.232 e. The molecular formula is C19H20FNO2S. The standard InChI is InChI=1S/C19H20FNO2S/c1-23-18-7-6-17(20)10-16(18)12-24-13-19(22)21-9-8-14-4-2-3-5-15(14)11-21/h2-7,10H,8-9,11-13H2,1H3. The molecule has 2 aromatic carbocycles. The molecule has 1 aliphatic heterocycles. The first-order valence-corrected chi connectivity index (χ1v) is 9.07. The first-order valence-electron chi connectivity index (χ1n) is 7.92. The molecule has 0 spiro atoms. The minimum Gasteiger partial charge on any atom is -0.496 e. The van der Waals surface area contributed by atoms with Crippen LogP contribution in [0.25, 0.3) is 0 Å². The molecule has 0 aliphatic carbocycles. The second-order valence-corrected chi connectivity index (χ2v) is 6.77. The number of fused-ring (bicyclic) bond motifs is 1. The van der Waals surface area contributed by atoms with E-state index in [0.29, 0.717) is 23.8 Å². The number of rotatable bonds is 5. The van der Waals surface area contributed by atoms with E-state index in [0.717, 1.165) is 18.5 Å². The molecule has 0 aromatic heterocycles. The Bertz CT molecular complexity index is 735. The van der Waals surface area contributed by atoms with E-state index < -0.39 is 0 Å². The van der Waals surface area contributed by atoms with E-state index in [1.54, 1.807) is 13.2 Å². The Hall–Kier alpha value is -2.01. The van der Waals surface area contributed by atoms with Crippen LogP contribution in [-0.4, -0.2) is 30.2 Å². The second kappa shape index (κ2) is 7.71. The average Bonchev–Trinajstić information content (AvgIpc) is 2.61. The number of hydrogen-bond acceptors (Lipinski definition) is 3. The summed E-state index contributed by atoms with van der Waals surface area (Å²) in [7, 11) is 1.57. The third kappa shape index (κ3) is 3.90. The fraction of sp³-hybridized carbons (Fsp3) is 0.316. The Morgan fingerprint density at radius 1 is 1.25 bits per heavy atom. The van der Waals surface area contributed by atoms with E-state index in [9.17, 15) is 9.18 Å². The predicted molar refractivity (Wildman–Crippen MR) is 94.7 cm³/mol. The number of carbonyl (C=O) groups excluding carboxylic acids is 1. The van der Waals surface area contributed by atoms with Crippen LogP contribution in [0.1, 0.15) is 16.7 Å². The number of halogens is 1. The molecule has 0 unspecified atom stereocenters. The summed E-state index contributed by atoms with van der Waals surface area (Å²) < 4.78 is 18.6. The van der Waals surface area contributed by atoms with E-state index in [-0.39, 0.29) is 11.7 Å². The largest absolute Gasteiger partial charge is 0.496 e. The van der Waals surface area contributed by atoms with Crippen molar-refractivity contribution in [1.29, 1.82) is 0 Å². The van der Waals surface area contributed by atoms with E-state index in [1.165, 1.54) is 35.0 Å². The number of ether oxygens (including phenoxy) is 1. The van der Waals surface area contributed by atoms with E-state index in [1.807, 2.05) is 17.0 Å². The van der Waals surface area contributed by atoms with Crippen LogP contribution in [0.3, 0.4) is 0 Å². The van der Waals surface area contributed by atoms with Gasteiger partial charge < -0.3 is 9.64 Å². The van der Waals surface area contributed by atoms with Gasteiger partial charge in [0.05, 0.1) is 12.9 Å². The summed E-state index contributed by atoms with van der Waals surface area (Å²) >= 11 is 1.49. The maximum absolute atomic E-state index is 13.4. The minimum atomic E-state index is -0.287. The van der Waals surface area contributed by atoms with Crippen molar-refractivity contribution >= 4 is 17.7 Å². The van der Waals surface area contributed by atoms with Gasteiger partial charge in [0.1, 0.15) is 11.6 Å². The highest BCUT2D eigenvalue weighted by molar-refractivity contribution is 7.99. The van der Waals surface area contributed by atoms with Crippen molar-refractivity contribution in [3.05, 3.63) is 65.0 Å². The number of nitrogens with zero attached hydrogens (tertiary/aromatic N) is 1. The zero-order chi connectivity index (χ0) is 16.9. The first-order chi connectivity index (χ1) is 11.7. The van der Waals surface area contributed by atoms with Gasteiger partial charge in [0.15, 0.2) is 0 Å². The minimum absolute atomic E-state index is 0.130. The molecular weight excluding hydrogens is 325 g/mol. The second-order valence-electron chi connectivity index (χ2n) is 5.78. The Kier molecular flexibility index (Phi) is 5.41. The quantitative estimate of drug-likeness (QED) is 0.828. The lowest BCUT2D eigenvalue weighted by molar-refractivity contribution is -0.129. The van der Waals surface area contributed by atoms with E-state index in [2.05, 4.69) is 12.1 Å². The summed E-state index contributed by atoms with van der Waals surface area (Å²) in [5.74, 6) is 1.44. The van der Waals surface area contributed by atoms with Crippen molar-refractivity contribution in [2.75, 3.05) is 19.4 Å². The van der Waals surface area contributed by atoms with Crippen molar-refractivity contribution in [3.8, 4) is 5.75 Å². The third-order valence-electron chi connectivity index (χ3n) is 4.21. The smallest absolute Gasteiger partial charge is 0.232 e. The van der Waals surface area contributed by atoms with Gasteiger partial charge >= 0.3 is 0 Å². The van der Waals surface area contributed by atoms with Crippen LogP contribution in [-0.2, 0) is 23.5 Å². The van der Waals surface area contributed by atoms with Crippen LogP contribution in [0.4, 0.5) is 4.39 Å². The molecule has 0 radical (unpaired) electrons. The highest BCUT2D eigenvalue weighted by atomic mass is 32.2. The highest BCUT2D eigenvalue weighted by Gasteiger charge is 2.20. The SMILES string of the molecule is COc1ccc(F)cc1CSCC(=O)N1CCc2ccccc2C1. The zero-order valence-corrected chi connectivity index (χ0v) is 14.4. The van der Waals surface area contributed by atoms with Gasteiger partial charge in [-0.1, -0.05) is 24.3 Å². The molecule has 0 fully saturated rings. The number of amides is 1. The predicted octanol–water partition coefficient (Wildman–Crippen LogP) is 3.65. The zero-order valence-electron chi connectivity index (χ0n) is 13.6. The van der Waals surface area contributed by atoms with Crippen molar-refractivity contribution in [3.63, 3.8) is 0 Å². The molecule has 1 heterocycles. The van der Waals surface area contributed by atoms with Crippen LogP contribution >= 0.6 is 11.8 Å². The van der Waals surface area contributed by atoms with Crippen molar-refractivity contribution in [2.24, 2.45) is 0 Å². The molecule has 0 atom stereocenters. The van der Waals surface area contributed by atoms with Gasteiger partial charge in [0.2, 0.25) is 5.91 Å². The normalized spacial score (nSPS) is 13.5. The number of benzene rings is 2. The van der Waals surface area contributed by atoms with E-state index in [4.69, 9.17) is 4.74 Å². The van der Waals surface area contributed by atoms with Crippen LogP contribution in [0.2, 0.25) is 0 Å². The summed E-state index contributed by atoms with van der Waals surface area (Å²) in [5.41, 5.74) is 3.34. The Morgan fingerprint density at radius 2 is 2.04 bits per heavy atom. The number of thioether (sulfide) groups is 1. The van der Waals surface area contributed by atoms with Gasteiger partial charge in [-0.25, -0.2) is 4.39 Å². The third-order valence-corrected chi connectivity index (χ3v) is 5.18. The van der Waals surface area contributed by atoms with Crippen LogP contribution in [0.5, 0.6) is 5.75 Å². The lowest BCUT2D eigenvalue weighted by atomic mass is 10.00. The number of hydrogen-bond donors (Lipinski definition) is 0. The average molecular weight is 345 g/mol. The van der Waals surface area contributed by atoms with Gasteiger partial charge in [-0.15, -0.1) is 11.8 Å². The summed E-state index contributed by atoms with van der Waals surface area (Å²) in [6, 6.07) is 12.7. The molecule has 24 heavy (non-hydrogen) atoms. The van der Waals surface area contributed by atoms with Crippen LogP contribution in [0.15, 0.2) is 42.5 Å². The van der Waals surface area contributed by atoms with Crippen LogP contribution in [0, 0.1) is 5.82 Å². The molecule has 126 valence electrons. The maximum atomic E-state index is 13.4. The van der Waals surface area contributed by atoms with Crippen molar-refractivity contribution in [2.45, 2.75) is 18.7 Å². The van der Waals surface area contributed by atoms with Crippen molar-refractivity contribution in [1.82, 2.24) is 4.90 Å². The molecule has 5 heteroatoms. The molecule has 2 aromatic rings. The van der Waals surface area contributed by atoms with Gasteiger partial charge in [-0.2, -0.15) is 0 Å². The van der Waals surface area contributed by atoms with E-state index >= 15 is 0 Å². The summed E-state index contributed by atoms with van der Waals surface area (Å²) in [6.45, 7) is 1.44. The fourth-order valence-corrected chi connectivity index (χ4v) is 3.81. The Morgan fingerprint density at radius 3 is 2.83 bits per heavy atom. The van der Waals surface area contributed by atoms with Crippen LogP contribution < -0.4 is 4.74 Å².